The van der Waals surface area contributed by atoms with E-state index < -0.39 is 0 Å². The molecule has 0 fully saturated rings. The third kappa shape index (κ3) is 1.89. The van der Waals surface area contributed by atoms with Gasteiger partial charge in [0.25, 0.3) is 0 Å². The number of fused-ring (bicyclic) bond motifs is 1. The average Bonchev–Trinajstić information content (AvgIpc) is 2.72. The molecule has 0 unspecified atom stereocenters. The molecule has 0 radical (unpaired) electrons. The van der Waals surface area contributed by atoms with Gasteiger partial charge in [-0.05, 0) is 30.3 Å². The van der Waals surface area contributed by atoms with Crippen LogP contribution in [0.1, 0.15) is 0 Å². The van der Waals surface area contributed by atoms with Crippen molar-refractivity contribution in [1.82, 2.24) is 9.97 Å². The molecular weight excluding hydrogens is 282 g/mol. The van der Waals surface area contributed by atoms with Crippen LogP contribution in [0.4, 0.5) is 5.95 Å². The highest BCUT2D eigenvalue weighted by Crippen LogP contribution is 2.28. The minimum Gasteiger partial charge on any atom is -0.454 e. The van der Waals surface area contributed by atoms with Crippen molar-refractivity contribution in [2.24, 2.45) is 0 Å². The van der Waals surface area contributed by atoms with Crippen molar-refractivity contribution in [2.45, 2.75) is 0 Å². The standard InChI is InChI=1S/C12H8BrN3O/c13-8-1-2-10-7(5-8)6-11(17-10)9-3-4-15-12(14)16-9/h1-6H,(H2,14,15,16). The fourth-order valence-corrected chi connectivity index (χ4v) is 2.03. The third-order valence-corrected chi connectivity index (χ3v) is 2.90. The zero-order valence-corrected chi connectivity index (χ0v) is 10.3. The first-order chi connectivity index (χ1) is 8.22. The second-order valence-corrected chi connectivity index (χ2v) is 4.51. The van der Waals surface area contributed by atoms with Gasteiger partial charge in [-0.3, -0.25) is 0 Å². The number of nitrogen functional groups attached to an aromatic ring is 1. The van der Waals surface area contributed by atoms with Gasteiger partial charge in [0.05, 0.1) is 0 Å². The largest absolute Gasteiger partial charge is 0.454 e. The van der Waals surface area contributed by atoms with Crippen molar-refractivity contribution in [3.05, 3.63) is 41.0 Å². The number of nitrogens with two attached hydrogens (primary N) is 1. The molecule has 17 heavy (non-hydrogen) atoms. The Bertz CT molecular complexity index is 693. The summed E-state index contributed by atoms with van der Waals surface area (Å²) < 4.78 is 6.71. The highest BCUT2D eigenvalue weighted by molar-refractivity contribution is 9.10. The van der Waals surface area contributed by atoms with E-state index in [9.17, 15) is 0 Å². The maximum absolute atomic E-state index is 5.70. The summed E-state index contributed by atoms with van der Waals surface area (Å²) in [6, 6.07) is 9.54. The maximum atomic E-state index is 5.70. The summed E-state index contributed by atoms with van der Waals surface area (Å²) in [5, 5.41) is 1.02. The molecule has 0 aliphatic carbocycles. The molecule has 0 aliphatic rings. The van der Waals surface area contributed by atoms with Crippen LogP contribution in [0.25, 0.3) is 22.4 Å². The molecule has 2 heterocycles. The lowest BCUT2D eigenvalue weighted by Crippen LogP contribution is -1.94. The van der Waals surface area contributed by atoms with Crippen LogP contribution in [-0.2, 0) is 0 Å². The molecule has 0 saturated carbocycles. The van der Waals surface area contributed by atoms with Crippen molar-refractivity contribution in [3.63, 3.8) is 0 Å². The van der Waals surface area contributed by atoms with Crippen LogP contribution in [0.2, 0.25) is 0 Å². The first kappa shape index (κ1) is 10.3. The van der Waals surface area contributed by atoms with Crippen LogP contribution < -0.4 is 5.73 Å². The van der Waals surface area contributed by atoms with E-state index in [-0.39, 0.29) is 5.95 Å². The van der Waals surface area contributed by atoms with Crippen molar-refractivity contribution >= 4 is 32.8 Å². The van der Waals surface area contributed by atoms with Gasteiger partial charge in [0.15, 0.2) is 5.76 Å². The topological polar surface area (TPSA) is 64.9 Å². The van der Waals surface area contributed by atoms with E-state index in [1.807, 2.05) is 24.3 Å². The number of hydrogen-bond acceptors (Lipinski definition) is 4. The van der Waals surface area contributed by atoms with Crippen molar-refractivity contribution in [2.75, 3.05) is 5.73 Å². The summed E-state index contributed by atoms with van der Waals surface area (Å²) in [6.45, 7) is 0. The monoisotopic (exact) mass is 289 g/mol. The predicted molar refractivity (Wildman–Crippen MR) is 69.4 cm³/mol. The lowest BCUT2D eigenvalue weighted by Gasteiger charge is -1.95. The fraction of sp³-hybridized carbons (Fsp3) is 0. The van der Waals surface area contributed by atoms with Gasteiger partial charge in [-0.15, -0.1) is 0 Å². The van der Waals surface area contributed by atoms with Crippen LogP contribution >= 0.6 is 15.9 Å². The Labute approximate surface area is 106 Å². The highest BCUT2D eigenvalue weighted by atomic mass is 79.9. The van der Waals surface area contributed by atoms with Crippen LogP contribution in [0.15, 0.2) is 45.4 Å². The lowest BCUT2D eigenvalue weighted by atomic mass is 10.2. The number of hydrogen-bond donors (Lipinski definition) is 1. The van der Waals surface area contributed by atoms with E-state index in [0.29, 0.717) is 11.5 Å². The number of anilines is 1. The Morgan fingerprint density at radius 3 is 2.88 bits per heavy atom. The molecule has 0 amide bonds. The molecule has 2 N–H and O–H groups in total. The summed E-state index contributed by atoms with van der Waals surface area (Å²) >= 11 is 3.42. The minimum absolute atomic E-state index is 0.240. The Morgan fingerprint density at radius 1 is 1.18 bits per heavy atom. The van der Waals surface area contributed by atoms with Gasteiger partial charge in [-0.1, -0.05) is 15.9 Å². The summed E-state index contributed by atoms with van der Waals surface area (Å²) in [7, 11) is 0. The Kier molecular flexibility index (Phi) is 2.33. The smallest absolute Gasteiger partial charge is 0.220 e. The molecule has 84 valence electrons. The molecule has 3 rings (SSSR count). The van der Waals surface area contributed by atoms with Gasteiger partial charge in [0.2, 0.25) is 5.95 Å². The normalized spacial score (nSPS) is 10.9. The maximum Gasteiger partial charge on any atom is 0.220 e. The van der Waals surface area contributed by atoms with Crippen LogP contribution in [-0.4, -0.2) is 9.97 Å². The van der Waals surface area contributed by atoms with E-state index >= 15 is 0 Å². The third-order valence-electron chi connectivity index (χ3n) is 2.41. The van der Waals surface area contributed by atoms with Gasteiger partial charge in [0, 0.05) is 16.1 Å². The van der Waals surface area contributed by atoms with Gasteiger partial charge in [0.1, 0.15) is 11.3 Å². The minimum atomic E-state index is 0.240. The summed E-state index contributed by atoms with van der Waals surface area (Å²) in [5.41, 5.74) is 7.05. The van der Waals surface area contributed by atoms with Crippen molar-refractivity contribution < 1.29 is 4.42 Å². The number of aromatic nitrogens is 2. The molecule has 5 heteroatoms. The molecule has 0 spiro atoms. The first-order valence-corrected chi connectivity index (χ1v) is 5.80. The molecule has 1 aromatic carbocycles. The van der Waals surface area contributed by atoms with Gasteiger partial charge in [-0.25, -0.2) is 9.97 Å². The van der Waals surface area contributed by atoms with E-state index in [4.69, 9.17) is 10.2 Å². The molecule has 3 aromatic rings. The quantitative estimate of drug-likeness (QED) is 0.747. The lowest BCUT2D eigenvalue weighted by molar-refractivity contribution is 0.628. The molecule has 2 aromatic heterocycles. The fourth-order valence-electron chi connectivity index (χ4n) is 1.65. The average molecular weight is 290 g/mol. The van der Waals surface area contributed by atoms with E-state index in [1.54, 1.807) is 12.3 Å². The number of furan rings is 1. The number of nitrogens with zero attached hydrogens (tertiary/aromatic N) is 2. The first-order valence-electron chi connectivity index (χ1n) is 5.00. The van der Waals surface area contributed by atoms with Gasteiger partial charge >= 0.3 is 0 Å². The second kappa shape index (κ2) is 3.85. The van der Waals surface area contributed by atoms with E-state index in [0.717, 1.165) is 15.4 Å². The number of halogens is 1. The Balaban J connectivity index is 2.18. The Hall–Kier alpha value is -1.88. The Morgan fingerprint density at radius 2 is 2.06 bits per heavy atom. The highest BCUT2D eigenvalue weighted by Gasteiger charge is 2.08. The van der Waals surface area contributed by atoms with E-state index in [2.05, 4.69) is 25.9 Å². The summed E-state index contributed by atoms with van der Waals surface area (Å²) in [5.74, 6) is 0.927. The SMILES string of the molecule is Nc1nccc(-c2cc3cc(Br)ccc3o2)n1. The van der Waals surface area contributed by atoms with Gasteiger partial charge in [-0.2, -0.15) is 0 Å². The zero-order valence-electron chi connectivity index (χ0n) is 8.72. The van der Waals surface area contributed by atoms with Crippen molar-refractivity contribution in [1.29, 1.82) is 0 Å². The van der Waals surface area contributed by atoms with Crippen LogP contribution in [0.3, 0.4) is 0 Å². The number of rotatable bonds is 1. The number of benzene rings is 1. The molecule has 0 atom stereocenters. The molecule has 0 aliphatic heterocycles. The zero-order chi connectivity index (χ0) is 11.8. The second-order valence-electron chi connectivity index (χ2n) is 3.59. The molecule has 4 nitrogen and oxygen atoms in total. The van der Waals surface area contributed by atoms with Crippen LogP contribution in [0, 0.1) is 0 Å². The molecule has 0 saturated heterocycles. The summed E-state index contributed by atoms with van der Waals surface area (Å²) in [4.78, 5) is 7.97. The predicted octanol–water partition coefficient (Wildman–Crippen LogP) is 3.23. The van der Waals surface area contributed by atoms with Crippen LogP contribution in [0.5, 0.6) is 0 Å². The summed E-state index contributed by atoms with van der Waals surface area (Å²) in [6.07, 6.45) is 1.61. The van der Waals surface area contributed by atoms with Gasteiger partial charge < -0.3 is 10.2 Å². The van der Waals surface area contributed by atoms with Crippen molar-refractivity contribution in [3.8, 4) is 11.5 Å². The molecular formula is C12H8BrN3O. The van der Waals surface area contributed by atoms with E-state index in [1.165, 1.54) is 0 Å². The molecule has 0 bridgehead atoms.